The second-order valence-electron chi connectivity index (χ2n) is 7.35. The van der Waals surface area contributed by atoms with E-state index in [0.717, 1.165) is 30.6 Å². The Morgan fingerprint density at radius 3 is 2.36 bits per heavy atom. The van der Waals surface area contributed by atoms with Crippen molar-refractivity contribution in [2.24, 2.45) is 11.6 Å². The van der Waals surface area contributed by atoms with Gasteiger partial charge in [0.05, 0.1) is 17.5 Å². The van der Waals surface area contributed by atoms with Crippen LogP contribution in [-0.2, 0) is 4.74 Å². The van der Waals surface area contributed by atoms with Crippen LogP contribution in [0.25, 0.3) is 5.70 Å². The molecule has 0 aliphatic heterocycles. The molecule has 1 amide bonds. The predicted octanol–water partition coefficient (Wildman–Crippen LogP) is 3.31. The highest BCUT2D eigenvalue weighted by atomic mass is 16.6. The molecule has 0 spiro atoms. The molecule has 0 heterocycles. The Labute approximate surface area is 168 Å². The van der Waals surface area contributed by atoms with E-state index in [1.54, 1.807) is 14.1 Å². The Balaban J connectivity index is 2.04. The third-order valence-electron chi connectivity index (χ3n) is 4.96. The molecule has 1 saturated carbocycles. The van der Waals surface area contributed by atoms with E-state index in [2.05, 4.69) is 0 Å². The van der Waals surface area contributed by atoms with Crippen molar-refractivity contribution in [2.75, 3.05) is 27.2 Å². The summed E-state index contributed by atoms with van der Waals surface area (Å²) in [6.45, 7) is 2.64. The van der Waals surface area contributed by atoms with Gasteiger partial charge in [-0.05, 0) is 61.9 Å². The van der Waals surface area contributed by atoms with E-state index in [9.17, 15) is 4.79 Å². The van der Waals surface area contributed by atoms with Crippen LogP contribution in [0.4, 0.5) is 4.79 Å². The Bertz CT molecular complexity index is 652. The highest BCUT2D eigenvalue weighted by Gasteiger charge is 2.16. The van der Waals surface area contributed by atoms with E-state index in [0.29, 0.717) is 24.0 Å². The van der Waals surface area contributed by atoms with E-state index in [1.165, 1.54) is 29.2 Å². The quantitative estimate of drug-likeness (QED) is 0.522. The number of carbonyl (C=O) groups is 1. The summed E-state index contributed by atoms with van der Waals surface area (Å²) in [5.74, 6) is 6.76. The molecule has 4 N–H and O–H groups in total. The number of ether oxygens (including phenoxy) is 2. The van der Waals surface area contributed by atoms with Gasteiger partial charge < -0.3 is 25.1 Å². The Kier molecular flexibility index (Phi) is 8.44. The van der Waals surface area contributed by atoms with E-state index >= 15 is 0 Å². The molecule has 0 aromatic heterocycles. The van der Waals surface area contributed by atoms with Gasteiger partial charge in [0.25, 0.3) is 0 Å². The predicted molar refractivity (Wildman–Crippen MR) is 111 cm³/mol. The third-order valence-corrected chi connectivity index (χ3v) is 4.96. The second-order valence-corrected chi connectivity index (χ2v) is 7.35. The van der Waals surface area contributed by atoms with Crippen LogP contribution in [0.2, 0.25) is 0 Å². The fourth-order valence-electron chi connectivity index (χ4n) is 3.29. The summed E-state index contributed by atoms with van der Waals surface area (Å²) in [4.78, 5) is 13.5. The Hall–Kier alpha value is -2.41. The lowest BCUT2D eigenvalue weighted by Gasteiger charge is -2.23. The first-order valence-electron chi connectivity index (χ1n) is 10.0. The summed E-state index contributed by atoms with van der Waals surface area (Å²) in [6, 6.07) is 7.65. The first-order chi connectivity index (χ1) is 13.4. The minimum absolute atomic E-state index is 0.00600. The van der Waals surface area contributed by atoms with Crippen molar-refractivity contribution in [3.05, 3.63) is 35.5 Å². The summed E-state index contributed by atoms with van der Waals surface area (Å²) in [7, 11) is 3.38. The van der Waals surface area contributed by atoms with Crippen molar-refractivity contribution >= 4 is 11.8 Å². The minimum atomic E-state index is -0.398. The zero-order chi connectivity index (χ0) is 20.5. The average molecular weight is 391 g/mol. The summed E-state index contributed by atoms with van der Waals surface area (Å²) in [6.07, 6.45) is 6.76. The smallest absolute Gasteiger partial charge is 0.409 e. The largest absolute Gasteiger partial charge is 0.490 e. The van der Waals surface area contributed by atoms with Gasteiger partial charge in [0.1, 0.15) is 12.4 Å². The number of hydrogen-bond acceptors (Lipinski definition) is 6. The van der Waals surface area contributed by atoms with Gasteiger partial charge in [-0.1, -0.05) is 13.3 Å². The average Bonchev–Trinajstić information content (AvgIpc) is 2.69. The molecule has 1 aliphatic carbocycles. The normalized spacial score (nSPS) is 15.6. The zero-order valence-electron chi connectivity index (χ0n) is 17.3. The number of nitrogens with zero attached hydrogens (tertiary/aromatic N) is 2. The monoisotopic (exact) mass is 390 g/mol. The molecule has 1 aromatic rings. The first-order valence-corrected chi connectivity index (χ1v) is 10.0. The van der Waals surface area contributed by atoms with Crippen LogP contribution >= 0.6 is 0 Å². The number of hydrazine groups is 1. The van der Waals surface area contributed by atoms with Crippen molar-refractivity contribution in [1.82, 2.24) is 9.91 Å². The number of nitrogens with two attached hydrogens (primary N) is 2. The van der Waals surface area contributed by atoms with Crippen LogP contribution in [0.5, 0.6) is 5.75 Å². The molecule has 7 nitrogen and oxygen atoms in total. The molecule has 2 rings (SSSR count). The van der Waals surface area contributed by atoms with Gasteiger partial charge in [-0.3, -0.25) is 0 Å². The molecule has 0 bridgehead atoms. The fraction of sp³-hybridized carbons (Fsp3) is 0.571. The van der Waals surface area contributed by atoms with E-state index in [-0.39, 0.29) is 6.61 Å². The van der Waals surface area contributed by atoms with Gasteiger partial charge in [-0.15, -0.1) is 0 Å². The highest BCUT2D eigenvalue weighted by molar-refractivity contribution is 5.69. The fourth-order valence-corrected chi connectivity index (χ4v) is 3.29. The van der Waals surface area contributed by atoms with E-state index in [1.807, 2.05) is 31.2 Å². The Morgan fingerprint density at radius 1 is 1.14 bits per heavy atom. The topological polar surface area (TPSA) is 94.0 Å². The zero-order valence-corrected chi connectivity index (χ0v) is 17.3. The molecular weight excluding hydrogens is 356 g/mol. The van der Waals surface area contributed by atoms with Crippen molar-refractivity contribution < 1.29 is 14.3 Å². The van der Waals surface area contributed by atoms with E-state index < -0.39 is 6.09 Å². The molecule has 1 fully saturated rings. The number of amides is 1. The molecular formula is C21H34N4O3. The lowest BCUT2D eigenvalue weighted by Crippen LogP contribution is -2.34. The number of carbonyl (C=O) groups excluding carboxylic acids is 1. The van der Waals surface area contributed by atoms with Crippen molar-refractivity contribution in [3.8, 4) is 5.75 Å². The van der Waals surface area contributed by atoms with Gasteiger partial charge in [-0.25, -0.2) is 10.6 Å². The maximum Gasteiger partial charge on any atom is 0.409 e. The molecule has 1 aromatic carbocycles. The molecule has 7 heteroatoms. The molecule has 0 unspecified atom stereocenters. The molecule has 0 atom stereocenters. The highest BCUT2D eigenvalue weighted by Crippen LogP contribution is 2.25. The standard InChI is InChI=1S/C21H34N4O3/c1-4-14-24(2)21(26)27-15-19(25(3)23)20(22)16-10-12-18(13-11-16)28-17-8-6-5-7-9-17/h10-13,17H,4-9,14-15,22-23H2,1-3H3/b20-19-. The Morgan fingerprint density at radius 2 is 1.79 bits per heavy atom. The second kappa shape index (κ2) is 10.8. The number of benzene rings is 1. The lowest BCUT2D eigenvalue weighted by molar-refractivity contribution is 0.113. The molecule has 28 heavy (non-hydrogen) atoms. The summed E-state index contributed by atoms with van der Waals surface area (Å²) in [5.41, 5.74) is 8.13. The van der Waals surface area contributed by atoms with Crippen LogP contribution in [0.15, 0.2) is 30.0 Å². The molecule has 0 saturated heterocycles. The summed E-state index contributed by atoms with van der Waals surface area (Å²) >= 11 is 0. The van der Waals surface area contributed by atoms with Gasteiger partial charge in [0.15, 0.2) is 0 Å². The SMILES string of the molecule is CCCN(C)C(=O)OC/C(=C(/N)c1ccc(OC2CCCCC2)cc1)N(C)N. The number of rotatable bonds is 8. The summed E-state index contributed by atoms with van der Waals surface area (Å²) in [5, 5.41) is 1.38. The lowest BCUT2D eigenvalue weighted by atomic mass is 9.98. The van der Waals surface area contributed by atoms with Gasteiger partial charge in [0.2, 0.25) is 0 Å². The first kappa shape index (κ1) is 21.9. The van der Waals surface area contributed by atoms with E-state index in [4.69, 9.17) is 21.1 Å². The van der Waals surface area contributed by atoms with Crippen molar-refractivity contribution in [1.29, 1.82) is 0 Å². The van der Waals surface area contributed by atoms with Gasteiger partial charge >= 0.3 is 6.09 Å². The maximum atomic E-state index is 12.0. The molecule has 1 aliphatic rings. The summed E-state index contributed by atoms with van der Waals surface area (Å²) < 4.78 is 11.4. The van der Waals surface area contributed by atoms with Crippen LogP contribution < -0.4 is 16.3 Å². The molecule has 156 valence electrons. The minimum Gasteiger partial charge on any atom is -0.490 e. The van der Waals surface area contributed by atoms with Crippen LogP contribution in [0.3, 0.4) is 0 Å². The number of likely N-dealkylation sites (N-methyl/N-ethyl adjacent to an activating group) is 1. The van der Waals surface area contributed by atoms with Crippen LogP contribution in [-0.4, -0.2) is 49.4 Å². The van der Waals surface area contributed by atoms with Gasteiger partial charge in [-0.2, -0.15) is 0 Å². The van der Waals surface area contributed by atoms with Crippen LogP contribution in [0.1, 0.15) is 51.0 Å². The maximum absolute atomic E-state index is 12.0. The third kappa shape index (κ3) is 6.34. The van der Waals surface area contributed by atoms with Crippen molar-refractivity contribution in [3.63, 3.8) is 0 Å². The van der Waals surface area contributed by atoms with Crippen molar-refractivity contribution in [2.45, 2.75) is 51.6 Å². The number of hydrogen-bond donors (Lipinski definition) is 2. The van der Waals surface area contributed by atoms with Gasteiger partial charge in [0, 0.05) is 20.6 Å². The van der Waals surface area contributed by atoms with Crippen LogP contribution in [0, 0.1) is 0 Å². The molecule has 0 radical (unpaired) electrons.